The quantitative estimate of drug-likeness (QED) is 0.197. The van der Waals surface area contributed by atoms with E-state index in [0.717, 1.165) is 51.0 Å². The van der Waals surface area contributed by atoms with Crippen molar-refractivity contribution >= 4 is 5.91 Å². The van der Waals surface area contributed by atoms with E-state index in [-0.39, 0.29) is 0 Å². The van der Waals surface area contributed by atoms with Crippen LogP contribution in [0.1, 0.15) is 142 Å². The topological polar surface area (TPSA) is 29.5 Å². The standard InChI is InChI=1S/C29H55NO2/c1-2-3-4-5-6-7-8-9-10-11-12-13-14-15-16-17-18-29(31)30-23-19-27(20-24-30)28-21-25-32-26-22-28/h27-28H,2-26H2,1H3. The molecule has 0 aliphatic carbocycles. The maximum Gasteiger partial charge on any atom is 0.222 e. The number of carbonyl (C=O) groups excluding carboxylic acids is 1. The first-order valence-corrected chi connectivity index (χ1v) is 14.7. The van der Waals surface area contributed by atoms with Crippen LogP contribution in [-0.4, -0.2) is 37.1 Å². The van der Waals surface area contributed by atoms with E-state index in [1.54, 1.807) is 0 Å². The Bertz CT molecular complexity index is 438. The zero-order valence-corrected chi connectivity index (χ0v) is 21.6. The molecule has 0 radical (unpaired) electrons. The van der Waals surface area contributed by atoms with Gasteiger partial charge in [-0.1, -0.05) is 103 Å². The van der Waals surface area contributed by atoms with Gasteiger partial charge in [-0.3, -0.25) is 4.79 Å². The third-order valence-electron chi connectivity index (χ3n) is 8.07. The van der Waals surface area contributed by atoms with E-state index in [9.17, 15) is 4.79 Å². The second-order valence-electron chi connectivity index (χ2n) is 10.7. The van der Waals surface area contributed by atoms with Crippen LogP contribution < -0.4 is 0 Å². The summed E-state index contributed by atoms with van der Waals surface area (Å²) in [5.74, 6) is 2.10. The smallest absolute Gasteiger partial charge is 0.222 e. The van der Waals surface area contributed by atoms with Gasteiger partial charge in [-0.2, -0.15) is 0 Å². The van der Waals surface area contributed by atoms with Crippen LogP contribution in [0.15, 0.2) is 0 Å². The molecule has 0 saturated carbocycles. The number of hydrogen-bond acceptors (Lipinski definition) is 2. The van der Waals surface area contributed by atoms with Crippen molar-refractivity contribution < 1.29 is 9.53 Å². The van der Waals surface area contributed by atoms with Gasteiger partial charge in [0.25, 0.3) is 0 Å². The van der Waals surface area contributed by atoms with Crippen LogP contribution in [0.25, 0.3) is 0 Å². The fourth-order valence-corrected chi connectivity index (χ4v) is 5.79. The Balaban J connectivity index is 1.32. The van der Waals surface area contributed by atoms with Crippen molar-refractivity contribution in [1.29, 1.82) is 0 Å². The summed E-state index contributed by atoms with van der Waals surface area (Å²) in [7, 11) is 0. The molecule has 0 atom stereocenters. The molecule has 32 heavy (non-hydrogen) atoms. The normalized spacial score (nSPS) is 18.3. The average Bonchev–Trinajstić information content (AvgIpc) is 2.84. The van der Waals surface area contributed by atoms with E-state index >= 15 is 0 Å². The Labute approximate surface area is 200 Å². The number of amides is 1. The van der Waals surface area contributed by atoms with E-state index in [0.29, 0.717) is 5.91 Å². The number of likely N-dealkylation sites (tertiary alicyclic amines) is 1. The third-order valence-corrected chi connectivity index (χ3v) is 8.07. The lowest BCUT2D eigenvalue weighted by molar-refractivity contribution is -0.133. The summed E-state index contributed by atoms with van der Waals surface area (Å²) >= 11 is 0. The summed E-state index contributed by atoms with van der Waals surface area (Å²) in [5, 5.41) is 0. The minimum absolute atomic E-state index is 0.417. The Morgan fingerprint density at radius 1 is 0.625 bits per heavy atom. The molecule has 1 amide bonds. The molecule has 0 aromatic heterocycles. The maximum atomic E-state index is 12.5. The highest BCUT2D eigenvalue weighted by atomic mass is 16.5. The summed E-state index contributed by atoms with van der Waals surface area (Å²) in [6.07, 6.45) is 27.9. The molecule has 2 aliphatic rings. The van der Waals surface area contributed by atoms with Gasteiger partial charge in [0.1, 0.15) is 0 Å². The van der Waals surface area contributed by atoms with Gasteiger partial charge in [0.05, 0.1) is 0 Å². The minimum atomic E-state index is 0.417. The van der Waals surface area contributed by atoms with Crippen LogP contribution in [0.5, 0.6) is 0 Å². The number of ether oxygens (including phenoxy) is 1. The number of carbonyl (C=O) groups is 1. The van der Waals surface area contributed by atoms with Gasteiger partial charge in [0, 0.05) is 32.7 Å². The van der Waals surface area contributed by atoms with Gasteiger partial charge in [-0.05, 0) is 43.9 Å². The van der Waals surface area contributed by atoms with Crippen molar-refractivity contribution in [2.75, 3.05) is 26.3 Å². The van der Waals surface area contributed by atoms with Crippen LogP contribution in [0, 0.1) is 11.8 Å². The summed E-state index contributed by atoms with van der Waals surface area (Å²) in [4.78, 5) is 14.7. The summed E-state index contributed by atoms with van der Waals surface area (Å²) in [5.41, 5.74) is 0. The number of hydrogen-bond donors (Lipinski definition) is 0. The number of rotatable bonds is 18. The Morgan fingerprint density at radius 2 is 1.03 bits per heavy atom. The number of unbranched alkanes of at least 4 members (excludes halogenated alkanes) is 15. The number of piperidine rings is 1. The molecule has 3 nitrogen and oxygen atoms in total. The zero-order chi connectivity index (χ0) is 22.7. The first kappa shape index (κ1) is 27.7. The number of nitrogens with zero attached hydrogens (tertiary/aromatic N) is 1. The molecular formula is C29H55NO2. The van der Waals surface area contributed by atoms with Crippen molar-refractivity contribution in [3.63, 3.8) is 0 Å². The first-order chi connectivity index (χ1) is 15.8. The average molecular weight is 450 g/mol. The SMILES string of the molecule is CCCCCCCCCCCCCCCCCCC(=O)N1CCC(C2CCOCC2)CC1. The highest BCUT2D eigenvalue weighted by Gasteiger charge is 2.29. The van der Waals surface area contributed by atoms with Crippen LogP contribution in [-0.2, 0) is 9.53 Å². The first-order valence-electron chi connectivity index (χ1n) is 14.7. The van der Waals surface area contributed by atoms with Crippen molar-refractivity contribution in [3.8, 4) is 0 Å². The second kappa shape index (κ2) is 18.8. The highest BCUT2D eigenvalue weighted by molar-refractivity contribution is 5.76. The van der Waals surface area contributed by atoms with E-state index in [2.05, 4.69) is 11.8 Å². The molecule has 0 bridgehead atoms. The van der Waals surface area contributed by atoms with Gasteiger partial charge in [-0.25, -0.2) is 0 Å². The van der Waals surface area contributed by atoms with Crippen LogP contribution in [0.2, 0.25) is 0 Å². The lowest BCUT2D eigenvalue weighted by Crippen LogP contribution is -2.40. The molecule has 2 rings (SSSR count). The lowest BCUT2D eigenvalue weighted by Gasteiger charge is -2.37. The molecule has 2 aliphatic heterocycles. The van der Waals surface area contributed by atoms with Gasteiger partial charge in [0.2, 0.25) is 5.91 Å². The summed E-state index contributed by atoms with van der Waals surface area (Å²) in [6.45, 7) is 6.19. The molecule has 2 heterocycles. The largest absolute Gasteiger partial charge is 0.381 e. The fraction of sp³-hybridized carbons (Fsp3) is 0.966. The predicted octanol–water partition coefficient (Wildman–Crippen LogP) is 8.30. The van der Waals surface area contributed by atoms with E-state index in [1.165, 1.54) is 122 Å². The van der Waals surface area contributed by atoms with Crippen molar-refractivity contribution in [2.45, 2.75) is 142 Å². The van der Waals surface area contributed by atoms with Crippen LogP contribution in [0.3, 0.4) is 0 Å². The Hall–Kier alpha value is -0.570. The lowest BCUT2D eigenvalue weighted by atomic mass is 9.80. The molecule has 0 spiro atoms. The molecular weight excluding hydrogens is 394 g/mol. The van der Waals surface area contributed by atoms with Crippen molar-refractivity contribution in [2.24, 2.45) is 11.8 Å². The highest BCUT2D eigenvalue weighted by Crippen LogP contribution is 2.32. The molecule has 2 saturated heterocycles. The second-order valence-corrected chi connectivity index (χ2v) is 10.7. The van der Waals surface area contributed by atoms with E-state index in [1.807, 2.05) is 0 Å². The zero-order valence-electron chi connectivity index (χ0n) is 21.6. The van der Waals surface area contributed by atoms with Crippen LogP contribution in [0.4, 0.5) is 0 Å². The summed E-state index contributed by atoms with van der Waals surface area (Å²) in [6, 6.07) is 0. The Morgan fingerprint density at radius 3 is 1.50 bits per heavy atom. The monoisotopic (exact) mass is 449 g/mol. The van der Waals surface area contributed by atoms with Gasteiger partial charge < -0.3 is 9.64 Å². The van der Waals surface area contributed by atoms with E-state index in [4.69, 9.17) is 4.74 Å². The molecule has 0 aromatic carbocycles. The molecule has 188 valence electrons. The minimum Gasteiger partial charge on any atom is -0.381 e. The third kappa shape index (κ3) is 12.6. The van der Waals surface area contributed by atoms with Crippen LogP contribution >= 0.6 is 0 Å². The van der Waals surface area contributed by atoms with E-state index < -0.39 is 0 Å². The van der Waals surface area contributed by atoms with Gasteiger partial charge in [0.15, 0.2) is 0 Å². The van der Waals surface area contributed by atoms with Gasteiger partial charge in [-0.15, -0.1) is 0 Å². The Kier molecular flexibility index (Phi) is 16.3. The molecule has 3 heteroatoms. The van der Waals surface area contributed by atoms with Crippen molar-refractivity contribution in [1.82, 2.24) is 4.90 Å². The fourth-order valence-electron chi connectivity index (χ4n) is 5.79. The summed E-state index contributed by atoms with van der Waals surface area (Å²) < 4.78 is 5.51. The predicted molar refractivity (Wildman–Crippen MR) is 137 cm³/mol. The molecule has 2 fully saturated rings. The van der Waals surface area contributed by atoms with Gasteiger partial charge >= 0.3 is 0 Å². The molecule has 0 unspecified atom stereocenters. The molecule has 0 aromatic rings. The maximum absolute atomic E-state index is 12.5. The molecule has 0 N–H and O–H groups in total. The van der Waals surface area contributed by atoms with Crippen molar-refractivity contribution in [3.05, 3.63) is 0 Å².